The maximum absolute atomic E-state index is 12.9. The minimum atomic E-state index is -0.645. The van der Waals surface area contributed by atoms with Crippen LogP contribution in [0.4, 0.5) is 4.39 Å². The number of hydrogen-bond donors (Lipinski definition) is 0. The fourth-order valence-corrected chi connectivity index (χ4v) is 1.82. The summed E-state index contributed by atoms with van der Waals surface area (Å²) in [4.78, 5) is 13.6. The molecule has 0 saturated heterocycles. The summed E-state index contributed by atoms with van der Waals surface area (Å²) < 4.78 is 18.3. The second-order valence-electron chi connectivity index (χ2n) is 3.85. The Kier molecular flexibility index (Phi) is 5.41. The van der Waals surface area contributed by atoms with Crippen LogP contribution < -0.4 is 4.74 Å². The number of ether oxygens (including phenoxy) is 1. The summed E-state index contributed by atoms with van der Waals surface area (Å²) in [5.74, 6) is -0.235. The highest BCUT2D eigenvalue weighted by molar-refractivity contribution is 6.32. The second-order valence-corrected chi connectivity index (χ2v) is 4.25. The number of benzene rings is 1. The van der Waals surface area contributed by atoms with Gasteiger partial charge in [-0.1, -0.05) is 11.6 Å². The van der Waals surface area contributed by atoms with Gasteiger partial charge in [-0.3, -0.25) is 4.79 Å². The van der Waals surface area contributed by atoms with E-state index in [1.54, 1.807) is 11.8 Å². The molecule has 1 atom stereocenters. The molecule has 1 aromatic carbocycles. The number of carbonyl (C=O) groups excluding carboxylic acids is 1. The molecule has 0 aliphatic carbocycles. The summed E-state index contributed by atoms with van der Waals surface area (Å²) >= 11 is 5.84. The molecule has 1 amide bonds. The molecule has 0 aliphatic rings. The van der Waals surface area contributed by atoms with Crippen molar-refractivity contribution in [1.29, 1.82) is 0 Å². The van der Waals surface area contributed by atoms with Gasteiger partial charge in [-0.25, -0.2) is 4.39 Å². The van der Waals surface area contributed by atoms with E-state index in [0.29, 0.717) is 18.8 Å². The number of hydrogen-bond acceptors (Lipinski definition) is 2. The van der Waals surface area contributed by atoms with Crippen LogP contribution in [0.5, 0.6) is 5.75 Å². The number of likely N-dealkylation sites (N-methyl/N-ethyl adjacent to an activating group) is 1. The molecule has 0 N–H and O–H groups in total. The Hall–Kier alpha value is -1.29. The highest BCUT2D eigenvalue weighted by Crippen LogP contribution is 2.26. The third-order valence-corrected chi connectivity index (χ3v) is 2.92. The first-order chi connectivity index (χ1) is 8.49. The van der Waals surface area contributed by atoms with Crippen molar-refractivity contribution in [2.45, 2.75) is 26.9 Å². The Morgan fingerprint density at radius 2 is 2.06 bits per heavy atom. The minimum absolute atomic E-state index is 0.111. The molecule has 0 aromatic heterocycles. The number of rotatable bonds is 5. The number of amides is 1. The van der Waals surface area contributed by atoms with Crippen LogP contribution in [0, 0.1) is 5.82 Å². The summed E-state index contributed by atoms with van der Waals surface area (Å²) in [7, 11) is 0. The SMILES string of the molecule is CCN(CC)C(=O)C(C)Oc1ccc(F)cc1Cl. The van der Waals surface area contributed by atoms with Crippen LogP contribution in [0.25, 0.3) is 0 Å². The molecule has 3 nitrogen and oxygen atoms in total. The van der Waals surface area contributed by atoms with Crippen molar-refractivity contribution in [2.75, 3.05) is 13.1 Å². The van der Waals surface area contributed by atoms with Crippen molar-refractivity contribution in [3.63, 3.8) is 0 Å². The van der Waals surface area contributed by atoms with Gasteiger partial charge >= 0.3 is 0 Å². The summed E-state index contributed by atoms with van der Waals surface area (Å²) in [6, 6.07) is 3.82. The van der Waals surface area contributed by atoms with Crippen LogP contribution in [0.3, 0.4) is 0 Å². The number of nitrogens with zero attached hydrogens (tertiary/aromatic N) is 1. The van der Waals surface area contributed by atoms with E-state index in [1.807, 2.05) is 13.8 Å². The normalized spacial score (nSPS) is 12.1. The maximum atomic E-state index is 12.9. The highest BCUT2D eigenvalue weighted by Gasteiger charge is 2.20. The van der Waals surface area contributed by atoms with E-state index in [4.69, 9.17) is 16.3 Å². The topological polar surface area (TPSA) is 29.5 Å². The maximum Gasteiger partial charge on any atom is 0.263 e. The van der Waals surface area contributed by atoms with Gasteiger partial charge in [-0.2, -0.15) is 0 Å². The van der Waals surface area contributed by atoms with Gasteiger partial charge in [0, 0.05) is 13.1 Å². The average Bonchev–Trinajstić information content (AvgIpc) is 2.34. The fraction of sp³-hybridized carbons (Fsp3) is 0.462. The van der Waals surface area contributed by atoms with E-state index in [1.165, 1.54) is 12.1 Å². The molecular formula is C13H17ClFNO2. The Bertz CT molecular complexity index is 421. The average molecular weight is 274 g/mol. The van der Waals surface area contributed by atoms with Gasteiger partial charge in [0.2, 0.25) is 0 Å². The van der Waals surface area contributed by atoms with Crippen molar-refractivity contribution in [1.82, 2.24) is 4.90 Å². The predicted molar refractivity (Wildman–Crippen MR) is 69.4 cm³/mol. The lowest BCUT2D eigenvalue weighted by Crippen LogP contribution is -2.40. The van der Waals surface area contributed by atoms with Crippen molar-refractivity contribution in [3.8, 4) is 5.75 Å². The van der Waals surface area contributed by atoms with Crippen molar-refractivity contribution in [2.24, 2.45) is 0 Å². The molecule has 0 fully saturated rings. The molecule has 1 rings (SSSR count). The predicted octanol–water partition coefficient (Wildman–Crippen LogP) is 3.11. The molecule has 5 heteroatoms. The van der Waals surface area contributed by atoms with Gasteiger partial charge < -0.3 is 9.64 Å². The smallest absolute Gasteiger partial charge is 0.263 e. The highest BCUT2D eigenvalue weighted by atomic mass is 35.5. The van der Waals surface area contributed by atoms with E-state index in [0.717, 1.165) is 6.07 Å². The first kappa shape index (κ1) is 14.8. The van der Waals surface area contributed by atoms with Crippen LogP contribution in [-0.4, -0.2) is 30.0 Å². The van der Waals surface area contributed by atoms with E-state index in [-0.39, 0.29) is 10.9 Å². The van der Waals surface area contributed by atoms with Crippen LogP contribution in [0.1, 0.15) is 20.8 Å². The Morgan fingerprint density at radius 3 is 2.56 bits per heavy atom. The zero-order chi connectivity index (χ0) is 13.7. The molecule has 100 valence electrons. The lowest BCUT2D eigenvalue weighted by Gasteiger charge is -2.23. The van der Waals surface area contributed by atoms with Gasteiger partial charge in [0.1, 0.15) is 11.6 Å². The monoisotopic (exact) mass is 273 g/mol. The Balaban J connectivity index is 2.75. The van der Waals surface area contributed by atoms with Crippen molar-refractivity contribution in [3.05, 3.63) is 29.0 Å². The molecule has 1 aromatic rings. The fourth-order valence-electron chi connectivity index (χ4n) is 1.60. The number of carbonyl (C=O) groups is 1. The third-order valence-electron chi connectivity index (χ3n) is 2.62. The summed E-state index contributed by atoms with van der Waals surface area (Å²) in [5.41, 5.74) is 0. The van der Waals surface area contributed by atoms with E-state index in [2.05, 4.69) is 0 Å². The third kappa shape index (κ3) is 3.60. The largest absolute Gasteiger partial charge is 0.479 e. The van der Waals surface area contributed by atoms with Gasteiger partial charge in [-0.15, -0.1) is 0 Å². The summed E-state index contributed by atoms with van der Waals surface area (Å²) in [6.07, 6.45) is -0.645. The van der Waals surface area contributed by atoms with Gasteiger partial charge in [0.05, 0.1) is 5.02 Å². The van der Waals surface area contributed by atoms with Crippen LogP contribution in [0.15, 0.2) is 18.2 Å². The molecule has 0 spiro atoms. The number of halogens is 2. The summed E-state index contributed by atoms with van der Waals surface area (Å²) in [5, 5.41) is 0.161. The molecule has 0 bridgehead atoms. The molecular weight excluding hydrogens is 257 g/mol. The van der Waals surface area contributed by atoms with Crippen LogP contribution in [0.2, 0.25) is 5.02 Å². The first-order valence-electron chi connectivity index (χ1n) is 5.90. The lowest BCUT2D eigenvalue weighted by molar-refractivity contribution is -0.137. The summed E-state index contributed by atoms with van der Waals surface area (Å²) in [6.45, 7) is 6.71. The molecule has 0 aliphatic heterocycles. The minimum Gasteiger partial charge on any atom is -0.479 e. The van der Waals surface area contributed by atoms with Crippen molar-refractivity contribution >= 4 is 17.5 Å². The standard InChI is InChI=1S/C13H17ClFNO2/c1-4-16(5-2)13(17)9(3)18-12-7-6-10(15)8-11(12)14/h6-9H,4-5H2,1-3H3. The molecule has 1 unspecified atom stereocenters. The molecule has 18 heavy (non-hydrogen) atoms. The van der Waals surface area contributed by atoms with E-state index >= 15 is 0 Å². The zero-order valence-corrected chi connectivity index (χ0v) is 11.5. The van der Waals surface area contributed by atoms with E-state index in [9.17, 15) is 9.18 Å². The van der Waals surface area contributed by atoms with Gasteiger partial charge in [0.15, 0.2) is 6.10 Å². The first-order valence-corrected chi connectivity index (χ1v) is 6.27. The Labute approximate surface area is 111 Å². The quantitative estimate of drug-likeness (QED) is 0.825. The van der Waals surface area contributed by atoms with Crippen LogP contribution in [-0.2, 0) is 4.79 Å². The lowest BCUT2D eigenvalue weighted by atomic mass is 10.3. The van der Waals surface area contributed by atoms with E-state index < -0.39 is 11.9 Å². The molecule has 0 saturated carbocycles. The van der Waals surface area contributed by atoms with Crippen molar-refractivity contribution < 1.29 is 13.9 Å². The van der Waals surface area contributed by atoms with Gasteiger partial charge in [-0.05, 0) is 39.0 Å². The van der Waals surface area contributed by atoms with Gasteiger partial charge in [0.25, 0.3) is 5.91 Å². The molecule has 0 radical (unpaired) electrons. The molecule has 0 heterocycles. The van der Waals surface area contributed by atoms with Crippen LogP contribution >= 0.6 is 11.6 Å². The Morgan fingerprint density at radius 1 is 1.44 bits per heavy atom. The second kappa shape index (κ2) is 6.59. The zero-order valence-electron chi connectivity index (χ0n) is 10.7.